The lowest BCUT2D eigenvalue weighted by Gasteiger charge is -2.31. The summed E-state index contributed by atoms with van der Waals surface area (Å²) in [5.41, 5.74) is 4.50. The predicted molar refractivity (Wildman–Crippen MR) is 123 cm³/mol. The smallest absolute Gasteiger partial charge is 0.258 e. The van der Waals surface area contributed by atoms with Crippen LogP contribution in [0.2, 0.25) is 0 Å². The Balaban J connectivity index is 1.77. The number of likely N-dealkylation sites (tertiary alicyclic amines) is 1. The quantitative estimate of drug-likeness (QED) is 0.599. The molecule has 1 aliphatic heterocycles. The predicted octanol–water partition coefficient (Wildman–Crippen LogP) is 4.14. The van der Waals surface area contributed by atoms with Gasteiger partial charge in [0.25, 0.3) is 5.56 Å². The van der Waals surface area contributed by atoms with E-state index in [1.165, 1.54) is 5.56 Å². The summed E-state index contributed by atoms with van der Waals surface area (Å²) < 4.78 is 12.5. The van der Waals surface area contributed by atoms with Crippen molar-refractivity contribution in [3.8, 4) is 22.8 Å². The molecule has 0 atom stereocenters. The molecule has 0 bridgehead atoms. The molecule has 0 aliphatic carbocycles. The van der Waals surface area contributed by atoms with Crippen LogP contribution in [0.5, 0.6) is 11.5 Å². The minimum absolute atomic E-state index is 0.0580. The van der Waals surface area contributed by atoms with E-state index < -0.39 is 0 Å². The second kappa shape index (κ2) is 9.10. The van der Waals surface area contributed by atoms with Gasteiger partial charge in [-0.25, -0.2) is 4.98 Å². The lowest BCUT2D eigenvalue weighted by atomic mass is 9.89. The number of aromatic nitrogens is 2. The number of benzene rings is 1. The molecule has 0 amide bonds. The molecule has 0 spiro atoms. The van der Waals surface area contributed by atoms with Crippen LogP contribution in [0.25, 0.3) is 16.9 Å². The number of pyridine rings is 1. The molecule has 1 fully saturated rings. The van der Waals surface area contributed by atoms with E-state index in [-0.39, 0.29) is 5.56 Å². The van der Waals surface area contributed by atoms with Crippen molar-refractivity contribution in [2.75, 3.05) is 33.9 Å². The number of ether oxygens (including phenoxy) is 2. The molecule has 31 heavy (non-hydrogen) atoms. The van der Waals surface area contributed by atoms with E-state index in [1.54, 1.807) is 24.7 Å². The fourth-order valence-electron chi connectivity index (χ4n) is 4.50. The molecule has 2 aromatic heterocycles. The molecule has 3 aromatic rings. The van der Waals surface area contributed by atoms with E-state index in [0.29, 0.717) is 23.1 Å². The summed E-state index contributed by atoms with van der Waals surface area (Å²) in [7, 11) is 3.21. The van der Waals surface area contributed by atoms with Crippen molar-refractivity contribution in [1.29, 1.82) is 0 Å². The molecule has 6 nitrogen and oxygen atoms in total. The third kappa shape index (κ3) is 4.17. The van der Waals surface area contributed by atoms with Crippen LogP contribution in [0.3, 0.4) is 0 Å². The highest BCUT2D eigenvalue weighted by Gasteiger charge is 2.21. The summed E-state index contributed by atoms with van der Waals surface area (Å²) in [5, 5.41) is 0. The maximum absolute atomic E-state index is 13.1. The molecule has 1 aromatic carbocycles. The van der Waals surface area contributed by atoms with Crippen molar-refractivity contribution < 1.29 is 9.47 Å². The van der Waals surface area contributed by atoms with Crippen molar-refractivity contribution >= 4 is 5.65 Å². The summed E-state index contributed by atoms with van der Waals surface area (Å²) in [6.07, 6.45) is 5.10. The fourth-order valence-corrected chi connectivity index (χ4v) is 4.50. The number of aryl methyl sites for hydroxylation is 1. The SMILES string of the molecule is CCc1cc(C2CCN(CC)CC2)cn2c(=O)cc(-c3ccc(OC)c(OC)c3)nc12. The zero-order valence-corrected chi connectivity index (χ0v) is 18.9. The van der Waals surface area contributed by atoms with E-state index in [0.717, 1.165) is 55.7 Å². The van der Waals surface area contributed by atoms with Crippen LogP contribution in [0.4, 0.5) is 0 Å². The molecule has 0 unspecified atom stereocenters. The summed E-state index contributed by atoms with van der Waals surface area (Å²) >= 11 is 0. The van der Waals surface area contributed by atoms with Crippen LogP contribution in [0, 0.1) is 0 Å². The van der Waals surface area contributed by atoms with Crippen molar-refractivity contribution in [3.63, 3.8) is 0 Å². The number of piperidine rings is 1. The maximum atomic E-state index is 13.1. The van der Waals surface area contributed by atoms with Crippen LogP contribution in [0.1, 0.15) is 43.7 Å². The van der Waals surface area contributed by atoms with Gasteiger partial charge in [0.05, 0.1) is 19.9 Å². The summed E-state index contributed by atoms with van der Waals surface area (Å²) in [6, 6.07) is 9.47. The van der Waals surface area contributed by atoms with Gasteiger partial charge in [-0.1, -0.05) is 19.9 Å². The first-order valence-corrected chi connectivity index (χ1v) is 11.1. The van der Waals surface area contributed by atoms with Crippen LogP contribution in [-0.4, -0.2) is 48.1 Å². The standard InChI is InChI=1S/C25H31N3O3/c1-5-17-13-20(18-9-11-27(6-2)12-10-18)16-28-24(29)15-21(26-25(17)28)19-7-8-22(30-3)23(14-19)31-4/h7-8,13-16,18H,5-6,9-12H2,1-4H3. The molecule has 3 heterocycles. The van der Waals surface area contributed by atoms with Crippen LogP contribution >= 0.6 is 0 Å². The first-order chi connectivity index (χ1) is 15.1. The topological polar surface area (TPSA) is 56.1 Å². The number of hydrogen-bond acceptors (Lipinski definition) is 5. The Morgan fingerprint density at radius 2 is 1.77 bits per heavy atom. The monoisotopic (exact) mass is 421 g/mol. The number of hydrogen-bond donors (Lipinski definition) is 0. The zero-order chi connectivity index (χ0) is 22.0. The normalized spacial score (nSPS) is 15.4. The first-order valence-electron chi connectivity index (χ1n) is 11.1. The molecule has 0 N–H and O–H groups in total. The molecule has 0 radical (unpaired) electrons. The fraction of sp³-hybridized carbons (Fsp3) is 0.440. The average Bonchev–Trinajstić information content (AvgIpc) is 2.83. The molecule has 0 saturated carbocycles. The number of methoxy groups -OCH3 is 2. The van der Waals surface area contributed by atoms with Gasteiger partial charge < -0.3 is 14.4 Å². The average molecular weight is 422 g/mol. The molecule has 6 heteroatoms. The van der Waals surface area contributed by atoms with E-state index in [9.17, 15) is 4.79 Å². The van der Waals surface area contributed by atoms with Gasteiger partial charge in [0.1, 0.15) is 5.65 Å². The Hall–Kier alpha value is -2.86. The summed E-state index contributed by atoms with van der Waals surface area (Å²) in [5.74, 6) is 1.76. The van der Waals surface area contributed by atoms with Gasteiger partial charge in [0.2, 0.25) is 0 Å². The van der Waals surface area contributed by atoms with E-state index >= 15 is 0 Å². The van der Waals surface area contributed by atoms with E-state index in [1.807, 2.05) is 24.4 Å². The van der Waals surface area contributed by atoms with Crippen molar-refractivity contribution in [2.45, 2.75) is 39.0 Å². The number of fused-ring (bicyclic) bond motifs is 1. The Morgan fingerprint density at radius 1 is 1.03 bits per heavy atom. The van der Waals surface area contributed by atoms with Gasteiger partial charge in [-0.05, 0) is 74.1 Å². The second-order valence-corrected chi connectivity index (χ2v) is 8.10. The summed E-state index contributed by atoms with van der Waals surface area (Å²) in [6.45, 7) is 7.67. The highest BCUT2D eigenvalue weighted by atomic mass is 16.5. The number of nitrogens with zero attached hydrogens (tertiary/aromatic N) is 3. The molecule has 1 aliphatic rings. The molecule has 164 valence electrons. The largest absolute Gasteiger partial charge is 0.493 e. The van der Waals surface area contributed by atoms with E-state index in [4.69, 9.17) is 14.5 Å². The van der Waals surface area contributed by atoms with Gasteiger partial charge in [0.15, 0.2) is 11.5 Å². The van der Waals surface area contributed by atoms with Crippen LogP contribution < -0.4 is 15.0 Å². The Bertz CT molecular complexity index is 1130. The van der Waals surface area contributed by atoms with Gasteiger partial charge in [-0.2, -0.15) is 0 Å². The summed E-state index contributed by atoms with van der Waals surface area (Å²) in [4.78, 5) is 20.5. The van der Waals surface area contributed by atoms with Gasteiger partial charge >= 0.3 is 0 Å². The molecular weight excluding hydrogens is 390 g/mol. The van der Waals surface area contributed by atoms with Crippen LogP contribution in [0.15, 0.2) is 41.3 Å². The van der Waals surface area contributed by atoms with Gasteiger partial charge in [-0.15, -0.1) is 0 Å². The Morgan fingerprint density at radius 3 is 2.42 bits per heavy atom. The highest BCUT2D eigenvalue weighted by Crippen LogP contribution is 2.32. The Kier molecular flexibility index (Phi) is 6.28. The van der Waals surface area contributed by atoms with Gasteiger partial charge in [-0.3, -0.25) is 9.20 Å². The molecular formula is C25H31N3O3. The first kappa shape index (κ1) is 21.4. The maximum Gasteiger partial charge on any atom is 0.258 e. The minimum atomic E-state index is -0.0580. The third-order valence-electron chi connectivity index (χ3n) is 6.42. The van der Waals surface area contributed by atoms with Crippen LogP contribution in [-0.2, 0) is 6.42 Å². The van der Waals surface area contributed by atoms with E-state index in [2.05, 4.69) is 24.8 Å². The number of rotatable bonds is 6. The minimum Gasteiger partial charge on any atom is -0.493 e. The molecule has 1 saturated heterocycles. The Labute approximate surface area is 183 Å². The second-order valence-electron chi connectivity index (χ2n) is 8.10. The lowest BCUT2D eigenvalue weighted by molar-refractivity contribution is 0.222. The van der Waals surface area contributed by atoms with Crippen molar-refractivity contribution in [2.24, 2.45) is 0 Å². The highest BCUT2D eigenvalue weighted by molar-refractivity contribution is 5.66. The van der Waals surface area contributed by atoms with Crippen molar-refractivity contribution in [3.05, 3.63) is 58.0 Å². The lowest BCUT2D eigenvalue weighted by Crippen LogP contribution is -2.32. The van der Waals surface area contributed by atoms with Gasteiger partial charge in [0, 0.05) is 17.8 Å². The zero-order valence-electron chi connectivity index (χ0n) is 18.9. The van der Waals surface area contributed by atoms with Crippen molar-refractivity contribution in [1.82, 2.24) is 14.3 Å². The third-order valence-corrected chi connectivity index (χ3v) is 6.42. The molecule has 4 rings (SSSR count).